The zero-order valence-electron chi connectivity index (χ0n) is 14.4. The second-order valence-electron chi connectivity index (χ2n) is 7.30. The van der Waals surface area contributed by atoms with Gasteiger partial charge in [-0.1, -0.05) is 6.92 Å². The number of piperazine rings is 1. The van der Waals surface area contributed by atoms with Gasteiger partial charge in [-0.05, 0) is 38.8 Å². The Morgan fingerprint density at radius 2 is 1.96 bits per heavy atom. The molecule has 6 nitrogen and oxygen atoms in total. The molecule has 1 N–H and O–H groups in total. The molecule has 132 valence electrons. The molecule has 0 aliphatic carbocycles. The Hall–Kier alpha value is -0.690. The van der Waals surface area contributed by atoms with Gasteiger partial charge in [-0.2, -0.15) is 0 Å². The number of carbonyl (C=O) groups excluding carboxylic acids is 1. The zero-order chi connectivity index (χ0) is 16.3. The molecule has 0 spiro atoms. The van der Waals surface area contributed by atoms with Gasteiger partial charge in [0.25, 0.3) is 5.91 Å². The van der Waals surface area contributed by atoms with Gasteiger partial charge in [-0.15, -0.1) is 0 Å². The van der Waals surface area contributed by atoms with Gasteiger partial charge in [0.1, 0.15) is 6.10 Å². The van der Waals surface area contributed by atoms with E-state index in [1.807, 2.05) is 4.90 Å². The minimum absolute atomic E-state index is 0.163. The van der Waals surface area contributed by atoms with Crippen molar-refractivity contribution in [2.24, 2.45) is 0 Å². The van der Waals surface area contributed by atoms with Crippen molar-refractivity contribution in [3.63, 3.8) is 0 Å². The van der Waals surface area contributed by atoms with Gasteiger partial charge in [-0.25, -0.2) is 0 Å². The minimum atomic E-state index is -0.588. The van der Waals surface area contributed by atoms with E-state index in [0.717, 1.165) is 84.6 Å². The normalized spacial score (nSPS) is 34.0. The van der Waals surface area contributed by atoms with Gasteiger partial charge in [-0.3, -0.25) is 9.69 Å². The first-order chi connectivity index (χ1) is 11.1. The van der Waals surface area contributed by atoms with Crippen LogP contribution in [0.3, 0.4) is 0 Å². The van der Waals surface area contributed by atoms with Gasteiger partial charge in [0.15, 0.2) is 0 Å². The second kappa shape index (κ2) is 7.47. The fraction of sp³-hybridized carbons (Fsp3) is 0.941. The van der Waals surface area contributed by atoms with E-state index in [2.05, 4.69) is 16.7 Å². The monoisotopic (exact) mass is 325 g/mol. The summed E-state index contributed by atoms with van der Waals surface area (Å²) in [6, 6.07) is 0. The number of ether oxygens (including phenoxy) is 1. The molecule has 3 aliphatic rings. The number of hydrogen-bond donors (Lipinski definition) is 1. The van der Waals surface area contributed by atoms with E-state index >= 15 is 0 Å². The summed E-state index contributed by atoms with van der Waals surface area (Å²) in [6.45, 7) is 9.70. The maximum atomic E-state index is 12.4. The summed E-state index contributed by atoms with van der Waals surface area (Å²) in [5, 5.41) is 10.9. The third-order valence-electron chi connectivity index (χ3n) is 5.49. The summed E-state index contributed by atoms with van der Waals surface area (Å²) in [5.41, 5.74) is -0.588. The molecule has 23 heavy (non-hydrogen) atoms. The van der Waals surface area contributed by atoms with Crippen LogP contribution in [0.15, 0.2) is 0 Å². The Morgan fingerprint density at radius 3 is 2.61 bits per heavy atom. The first kappa shape index (κ1) is 17.1. The number of β-amino-alcohol motifs (C(OH)–C–C–N with tert-alkyl or cyclic N) is 1. The van der Waals surface area contributed by atoms with Gasteiger partial charge in [0.2, 0.25) is 0 Å². The molecular formula is C17H31N3O3. The topological polar surface area (TPSA) is 56.2 Å². The fourth-order valence-corrected chi connectivity index (χ4v) is 4.12. The average Bonchev–Trinajstić information content (AvgIpc) is 3.09. The van der Waals surface area contributed by atoms with Crippen LogP contribution in [0.25, 0.3) is 0 Å². The largest absolute Gasteiger partial charge is 0.387 e. The van der Waals surface area contributed by atoms with Crippen molar-refractivity contribution >= 4 is 5.91 Å². The number of piperidine rings is 1. The predicted octanol–water partition coefficient (Wildman–Crippen LogP) is 0.156. The molecule has 0 aromatic carbocycles. The highest BCUT2D eigenvalue weighted by atomic mass is 16.5. The Kier molecular flexibility index (Phi) is 5.57. The van der Waals surface area contributed by atoms with Gasteiger partial charge < -0.3 is 19.6 Å². The molecule has 0 aromatic rings. The molecule has 0 unspecified atom stereocenters. The van der Waals surface area contributed by atoms with Crippen LogP contribution in [0.5, 0.6) is 0 Å². The van der Waals surface area contributed by atoms with Crippen molar-refractivity contribution in [1.82, 2.24) is 14.7 Å². The summed E-state index contributed by atoms with van der Waals surface area (Å²) in [5.74, 6) is 0.163. The van der Waals surface area contributed by atoms with Gasteiger partial charge in [0, 0.05) is 45.9 Å². The molecule has 0 bridgehead atoms. The third kappa shape index (κ3) is 4.24. The SMILES string of the molecule is CCN1CCC[C@](O)(CN2CCN(C(=O)[C@@H]3CCCO3)CC2)C1. The van der Waals surface area contributed by atoms with E-state index in [9.17, 15) is 9.90 Å². The Morgan fingerprint density at radius 1 is 1.17 bits per heavy atom. The van der Waals surface area contributed by atoms with Crippen LogP contribution in [-0.2, 0) is 9.53 Å². The molecule has 3 saturated heterocycles. The highest BCUT2D eigenvalue weighted by Crippen LogP contribution is 2.23. The summed E-state index contributed by atoms with van der Waals surface area (Å²) in [6.07, 6.45) is 3.62. The molecular weight excluding hydrogens is 294 g/mol. The summed E-state index contributed by atoms with van der Waals surface area (Å²) in [4.78, 5) is 19.0. The number of nitrogens with zero attached hydrogens (tertiary/aromatic N) is 3. The van der Waals surface area contributed by atoms with Crippen LogP contribution in [0.1, 0.15) is 32.6 Å². The van der Waals surface area contributed by atoms with E-state index in [4.69, 9.17) is 4.74 Å². The predicted molar refractivity (Wildman–Crippen MR) is 88.3 cm³/mol. The van der Waals surface area contributed by atoms with Crippen molar-refractivity contribution in [1.29, 1.82) is 0 Å². The highest BCUT2D eigenvalue weighted by Gasteiger charge is 2.36. The zero-order valence-corrected chi connectivity index (χ0v) is 14.4. The maximum Gasteiger partial charge on any atom is 0.251 e. The highest BCUT2D eigenvalue weighted by molar-refractivity contribution is 5.81. The number of likely N-dealkylation sites (tertiary alicyclic amines) is 1. The van der Waals surface area contributed by atoms with Crippen LogP contribution in [0.4, 0.5) is 0 Å². The summed E-state index contributed by atoms with van der Waals surface area (Å²) in [7, 11) is 0. The molecule has 1 amide bonds. The lowest BCUT2D eigenvalue weighted by Crippen LogP contribution is -2.58. The van der Waals surface area contributed by atoms with Crippen LogP contribution in [-0.4, -0.2) is 96.4 Å². The average molecular weight is 325 g/mol. The lowest BCUT2D eigenvalue weighted by molar-refractivity contribution is -0.143. The van der Waals surface area contributed by atoms with Crippen molar-refractivity contribution < 1.29 is 14.6 Å². The van der Waals surface area contributed by atoms with Crippen molar-refractivity contribution in [2.45, 2.75) is 44.3 Å². The number of amides is 1. The number of carbonyl (C=O) groups is 1. The van der Waals surface area contributed by atoms with E-state index in [1.54, 1.807) is 0 Å². The second-order valence-corrected chi connectivity index (χ2v) is 7.30. The van der Waals surface area contributed by atoms with Crippen LogP contribution in [0, 0.1) is 0 Å². The third-order valence-corrected chi connectivity index (χ3v) is 5.49. The van der Waals surface area contributed by atoms with E-state index in [1.165, 1.54) is 0 Å². The number of rotatable bonds is 4. The van der Waals surface area contributed by atoms with Crippen molar-refractivity contribution in [2.75, 3.05) is 59.0 Å². The fourth-order valence-electron chi connectivity index (χ4n) is 4.12. The molecule has 3 heterocycles. The lowest BCUT2D eigenvalue weighted by Gasteiger charge is -2.44. The Bertz CT molecular complexity index is 406. The molecule has 0 radical (unpaired) electrons. The quantitative estimate of drug-likeness (QED) is 0.798. The molecule has 6 heteroatoms. The van der Waals surface area contributed by atoms with Gasteiger partial charge in [0.05, 0.1) is 5.60 Å². The molecule has 0 aromatic heterocycles. The van der Waals surface area contributed by atoms with E-state index < -0.39 is 5.60 Å². The van der Waals surface area contributed by atoms with E-state index in [-0.39, 0.29) is 12.0 Å². The Labute approximate surface area is 139 Å². The Balaban J connectivity index is 1.46. The van der Waals surface area contributed by atoms with Crippen molar-refractivity contribution in [3.05, 3.63) is 0 Å². The molecule has 3 aliphatic heterocycles. The van der Waals surface area contributed by atoms with Gasteiger partial charge >= 0.3 is 0 Å². The smallest absolute Gasteiger partial charge is 0.251 e. The first-order valence-corrected chi connectivity index (χ1v) is 9.17. The standard InChI is InChI=1S/C17H31N3O3/c1-2-18-7-4-6-17(22,13-18)14-19-8-10-20(11-9-19)16(21)15-5-3-12-23-15/h15,22H,2-14H2,1H3/t15-,17+/m0/s1. The first-order valence-electron chi connectivity index (χ1n) is 9.17. The number of likely N-dealkylation sites (N-methyl/N-ethyl adjacent to an activating group) is 1. The van der Waals surface area contributed by atoms with E-state index in [0.29, 0.717) is 0 Å². The number of hydrogen-bond acceptors (Lipinski definition) is 5. The number of aliphatic hydroxyl groups is 1. The van der Waals surface area contributed by atoms with Crippen molar-refractivity contribution in [3.8, 4) is 0 Å². The molecule has 3 fully saturated rings. The molecule has 0 saturated carbocycles. The lowest BCUT2D eigenvalue weighted by atomic mass is 9.92. The maximum absolute atomic E-state index is 12.4. The molecule has 3 rings (SSSR count). The van der Waals surface area contributed by atoms with Crippen LogP contribution >= 0.6 is 0 Å². The van der Waals surface area contributed by atoms with Crippen LogP contribution < -0.4 is 0 Å². The summed E-state index contributed by atoms with van der Waals surface area (Å²) >= 11 is 0. The molecule has 2 atom stereocenters. The van der Waals surface area contributed by atoms with Crippen LogP contribution in [0.2, 0.25) is 0 Å². The minimum Gasteiger partial charge on any atom is -0.387 e. The summed E-state index contributed by atoms with van der Waals surface area (Å²) < 4.78 is 5.51.